The van der Waals surface area contributed by atoms with E-state index in [1.54, 1.807) is 16.0 Å². The monoisotopic (exact) mass is 208 g/mol. The van der Waals surface area contributed by atoms with Crippen molar-refractivity contribution < 1.29 is 0 Å². The lowest BCUT2D eigenvalue weighted by atomic mass is 10.2. The quantitative estimate of drug-likeness (QED) is 0.740. The highest BCUT2D eigenvalue weighted by atomic mass is 32.1. The number of anilines is 1. The number of fused-ring (bicyclic) bond motifs is 1. The first-order valence-corrected chi connectivity index (χ1v) is 5.24. The van der Waals surface area contributed by atoms with Crippen molar-refractivity contribution >= 4 is 17.3 Å². The fourth-order valence-electron chi connectivity index (χ4n) is 1.59. The molecule has 1 atom stereocenters. The van der Waals surface area contributed by atoms with Gasteiger partial charge in [-0.3, -0.25) is 0 Å². The van der Waals surface area contributed by atoms with Crippen LogP contribution < -0.4 is 5.32 Å². The lowest BCUT2D eigenvalue weighted by Gasteiger charge is -2.21. The molecule has 72 valence electrons. The van der Waals surface area contributed by atoms with Gasteiger partial charge in [0.2, 0.25) is 5.95 Å². The topological polar surface area (TPSA) is 68.5 Å². The van der Waals surface area contributed by atoms with E-state index in [-0.39, 0.29) is 6.04 Å². The van der Waals surface area contributed by atoms with Crippen LogP contribution in [0.3, 0.4) is 0 Å². The molecule has 0 saturated heterocycles. The molecule has 6 nitrogen and oxygen atoms in total. The van der Waals surface area contributed by atoms with Crippen LogP contribution in [0.4, 0.5) is 5.95 Å². The molecular weight excluding hydrogens is 200 g/mol. The van der Waals surface area contributed by atoms with Crippen LogP contribution in [0.25, 0.3) is 0 Å². The van der Waals surface area contributed by atoms with Crippen molar-refractivity contribution in [2.24, 2.45) is 0 Å². The van der Waals surface area contributed by atoms with E-state index >= 15 is 0 Å². The zero-order valence-corrected chi connectivity index (χ0v) is 8.11. The molecule has 0 aliphatic carbocycles. The van der Waals surface area contributed by atoms with Gasteiger partial charge in [-0.25, -0.2) is 9.67 Å². The number of thiazole rings is 1. The zero-order chi connectivity index (χ0) is 9.38. The first-order valence-electron chi connectivity index (χ1n) is 4.36. The van der Waals surface area contributed by atoms with Crippen molar-refractivity contribution in [2.75, 3.05) is 11.9 Å². The second-order valence-corrected chi connectivity index (χ2v) is 3.97. The SMILES string of the molecule is c1csc(C2CCNc3nnnn32)n1. The Balaban J connectivity index is 2.04. The highest BCUT2D eigenvalue weighted by Crippen LogP contribution is 2.27. The molecule has 1 N–H and O–H groups in total. The Hall–Kier alpha value is -1.50. The molecule has 3 heterocycles. The van der Waals surface area contributed by atoms with Crippen LogP contribution in [-0.4, -0.2) is 31.7 Å². The fraction of sp³-hybridized carbons (Fsp3) is 0.429. The standard InChI is InChI=1S/C7H8N6S/c1-2-9-7-10-11-12-13(7)5(1)6-8-3-4-14-6/h3-5H,1-2H2,(H,9,10,12). The Morgan fingerprint density at radius 3 is 3.43 bits per heavy atom. The highest BCUT2D eigenvalue weighted by Gasteiger charge is 2.24. The molecule has 0 aromatic carbocycles. The van der Waals surface area contributed by atoms with Crippen molar-refractivity contribution in [3.05, 3.63) is 16.6 Å². The van der Waals surface area contributed by atoms with E-state index < -0.39 is 0 Å². The van der Waals surface area contributed by atoms with Gasteiger partial charge in [0, 0.05) is 18.1 Å². The number of hydrogen-bond donors (Lipinski definition) is 1. The highest BCUT2D eigenvalue weighted by molar-refractivity contribution is 7.09. The summed E-state index contributed by atoms with van der Waals surface area (Å²) in [5.74, 6) is 0.733. The molecule has 3 rings (SSSR count). The molecule has 0 fully saturated rings. The van der Waals surface area contributed by atoms with Gasteiger partial charge in [-0.1, -0.05) is 5.10 Å². The van der Waals surface area contributed by atoms with Gasteiger partial charge < -0.3 is 5.32 Å². The van der Waals surface area contributed by atoms with Crippen molar-refractivity contribution in [1.29, 1.82) is 0 Å². The van der Waals surface area contributed by atoms with Crippen molar-refractivity contribution in [1.82, 2.24) is 25.2 Å². The molecule has 1 unspecified atom stereocenters. The summed E-state index contributed by atoms with van der Waals surface area (Å²) in [6.45, 7) is 0.893. The van der Waals surface area contributed by atoms with Crippen LogP contribution in [0.15, 0.2) is 11.6 Å². The van der Waals surface area contributed by atoms with Crippen LogP contribution >= 0.6 is 11.3 Å². The molecule has 2 aromatic heterocycles. The molecule has 7 heteroatoms. The number of aromatic nitrogens is 5. The predicted octanol–water partition coefficient (Wildman–Crippen LogP) is 0.535. The minimum atomic E-state index is 0.196. The number of tetrazole rings is 1. The average molecular weight is 208 g/mol. The summed E-state index contributed by atoms with van der Waals surface area (Å²) in [6.07, 6.45) is 2.79. The van der Waals surface area contributed by atoms with Gasteiger partial charge in [-0.15, -0.1) is 11.3 Å². The minimum Gasteiger partial charge on any atom is -0.353 e. The summed E-state index contributed by atoms with van der Waals surface area (Å²) >= 11 is 1.64. The molecule has 0 bridgehead atoms. The summed E-state index contributed by atoms with van der Waals surface area (Å²) < 4.78 is 1.79. The summed E-state index contributed by atoms with van der Waals surface area (Å²) in [5.41, 5.74) is 0. The molecule has 0 spiro atoms. The van der Waals surface area contributed by atoms with E-state index in [9.17, 15) is 0 Å². The number of rotatable bonds is 1. The van der Waals surface area contributed by atoms with E-state index in [4.69, 9.17) is 0 Å². The van der Waals surface area contributed by atoms with E-state index in [0.29, 0.717) is 0 Å². The third-order valence-electron chi connectivity index (χ3n) is 2.23. The summed E-state index contributed by atoms with van der Waals surface area (Å²) in [4.78, 5) is 4.29. The van der Waals surface area contributed by atoms with Crippen LogP contribution in [0.2, 0.25) is 0 Å². The van der Waals surface area contributed by atoms with Gasteiger partial charge in [0.1, 0.15) is 11.0 Å². The van der Waals surface area contributed by atoms with E-state index in [1.165, 1.54) is 0 Å². The first-order chi connectivity index (χ1) is 6.95. The maximum Gasteiger partial charge on any atom is 0.243 e. The van der Waals surface area contributed by atoms with Crippen LogP contribution in [-0.2, 0) is 0 Å². The van der Waals surface area contributed by atoms with Crippen molar-refractivity contribution in [3.8, 4) is 0 Å². The first kappa shape index (κ1) is 7.86. The van der Waals surface area contributed by atoms with Crippen LogP contribution in [0.1, 0.15) is 17.5 Å². The number of hydrogen-bond acceptors (Lipinski definition) is 6. The maximum atomic E-state index is 4.29. The second kappa shape index (κ2) is 3.02. The Kier molecular flexibility index (Phi) is 1.69. The smallest absolute Gasteiger partial charge is 0.243 e. The third-order valence-corrected chi connectivity index (χ3v) is 3.10. The number of nitrogens with one attached hydrogen (secondary N) is 1. The molecule has 0 radical (unpaired) electrons. The maximum absolute atomic E-state index is 4.29. The van der Waals surface area contributed by atoms with E-state index in [2.05, 4.69) is 25.8 Å². The van der Waals surface area contributed by atoms with Gasteiger partial charge >= 0.3 is 0 Å². The molecule has 0 saturated carbocycles. The summed E-state index contributed by atoms with van der Waals surface area (Å²) in [6, 6.07) is 0.196. The molecule has 2 aromatic rings. The molecular formula is C7H8N6S. The third kappa shape index (κ3) is 1.09. The van der Waals surface area contributed by atoms with Crippen LogP contribution in [0, 0.1) is 0 Å². The lowest BCUT2D eigenvalue weighted by Crippen LogP contribution is -2.24. The average Bonchev–Trinajstić information content (AvgIpc) is 2.88. The van der Waals surface area contributed by atoms with Crippen molar-refractivity contribution in [3.63, 3.8) is 0 Å². The normalized spacial score (nSPS) is 20.1. The van der Waals surface area contributed by atoms with Gasteiger partial charge in [0.25, 0.3) is 0 Å². The molecule has 0 amide bonds. The van der Waals surface area contributed by atoms with Crippen molar-refractivity contribution in [2.45, 2.75) is 12.5 Å². The Morgan fingerprint density at radius 2 is 2.57 bits per heavy atom. The van der Waals surface area contributed by atoms with Gasteiger partial charge in [-0.05, 0) is 16.8 Å². The van der Waals surface area contributed by atoms with E-state index in [0.717, 1.165) is 23.9 Å². The zero-order valence-electron chi connectivity index (χ0n) is 7.29. The molecule has 14 heavy (non-hydrogen) atoms. The summed E-state index contributed by atoms with van der Waals surface area (Å²) in [5, 5.41) is 17.7. The second-order valence-electron chi connectivity index (χ2n) is 3.05. The molecule has 1 aliphatic heterocycles. The largest absolute Gasteiger partial charge is 0.353 e. The van der Waals surface area contributed by atoms with Gasteiger partial charge in [0.05, 0.1) is 0 Å². The Morgan fingerprint density at radius 1 is 1.57 bits per heavy atom. The number of nitrogens with zero attached hydrogens (tertiary/aromatic N) is 5. The Labute approximate surface area is 84.0 Å². The van der Waals surface area contributed by atoms with E-state index in [1.807, 2.05) is 11.6 Å². The molecule has 1 aliphatic rings. The minimum absolute atomic E-state index is 0.196. The predicted molar refractivity (Wildman–Crippen MR) is 51.2 cm³/mol. The van der Waals surface area contributed by atoms with Crippen LogP contribution in [0.5, 0.6) is 0 Å². The Bertz CT molecular complexity index is 421. The van der Waals surface area contributed by atoms with Gasteiger partial charge in [-0.2, -0.15) is 0 Å². The fourth-order valence-corrected chi connectivity index (χ4v) is 2.35. The summed E-state index contributed by atoms with van der Waals surface area (Å²) in [7, 11) is 0. The lowest BCUT2D eigenvalue weighted by molar-refractivity contribution is 0.467. The van der Waals surface area contributed by atoms with Gasteiger partial charge in [0.15, 0.2) is 0 Å².